The van der Waals surface area contributed by atoms with Crippen LogP contribution in [0.25, 0.3) is 22.6 Å². The molecular formula is C20H20F3N3O5. The van der Waals surface area contributed by atoms with E-state index in [1.54, 1.807) is 32.0 Å². The molecule has 0 radical (unpaired) electrons. The molecule has 4 N–H and O–H groups in total. The Morgan fingerprint density at radius 2 is 1.77 bits per heavy atom. The number of carboxylic acid groups (broad SMARTS) is 1. The number of aromatic nitrogens is 1. The minimum absolute atomic E-state index is 0.0303. The number of nitrogens with two attached hydrogens (primary N) is 1. The van der Waals surface area contributed by atoms with Crippen LogP contribution >= 0.6 is 0 Å². The van der Waals surface area contributed by atoms with Crippen molar-refractivity contribution >= 4 is 28.7 Å². The molecule has 0 unspecified atom stereocenters. The average molecular weight is 439 g/mol. The van der Waals surface area contributed by atoms with Gasteiger partial charge in [0.15, 0.2) is 16.8 Å². The number of halogens is 3. The Morgan fingerprint density at radius 1 is 1.16 bits per heavy atom. The standard InChI is InChI=1S/C18H19N3O3.C2HF3O2/c1-9-10(2)17(23)11(3)18-16(9)21-13-5-4-12(8-14(13)24-18)20-15(22)6-7-19;3-2(4,5)1(6)7/h4-5,8H,6-7,19H2,1-3H3,(H,20,22);(H,6,7). The van der Waals surface area contributed by atoms with Gasteiger partial charge in [0.25, 0.3) is 0 Å². The molecule has 166 valence electrons. The van der Waals surface area contributed by atoms with Crippen LogP contribution in [0.3, 0.4) is 0 Å². The van der Waals surface area contributed by atoms with E-state index in [0.717, 1.165) is 5.56 Å². The molecule has 0 aromatic heterocycles. The summed E-state index contributed by atoms with van der Waals surface area (Å²) in [7, 11) is 0. The van der Waals surface area contributed by atoms with Crippen LogP contribution in [0.1, 0.15) is 23.1 Å². The third-order valence-corrected chi connectivity index (χ3v) is 4.46. The van der Waals surface area contributed by atoms with E-state index in [0.29, 0.717) is 45.9 Å². The van der Waals surface area contributed by atoms with E-state index in [-0.39, 0.29) is 17.8 Å². The molecule has 8 nitrogen and oxygen atoms in total. The van der Waals surface area contributed by atoms with Crippen LogP contribution in [0, 0.1) is 20.8 Å². The fraction of sp³-hybridized carbons (Fsp3) is 0.300. The number of carboxylic acids is 1. The number of hydrogen-bond donors (Lipinski definition) is 3. The molecule has 0 fully saturated rings. The first kappa shape index (κ1) is 23.8. The van der Waals surface area contributed by atoms with Crippen molar-refractivity contribution in [1.82, 2.24) is 4.98 Å². The summed E-state index contributed by atoms with van der Waals surface area (Å²) in [5, 5.41) is 9.89. The number of nitrogens with zero attached hydrogens (tertiary/aromatic N) is 1. The summed E-state index contributed by atoms with van der Waals surface area (Å²) in [6.45, 7) is 5.70. The van der Waals surface area contributed by atoms with Crippen molar-refractivity contribution in [2.24, 2.45) is 5.73 Å². The third-order valence-electron chi connectivity index (χ3n) is 4.46. The Balaban J connectivity index is 0.000000423. The minimum Gasteiger partial charge on any atom is -0.475 e. The van der Waals surface area contributed by atoms with E-state index in [1.165, 1.54) is 0 Å². The molecule has 0 spiro atoms. The van der Waals surface area contributed by atoms with Gasteiger partial charge < -0.3 is 20.6 Å². The van der Waals surface area contributed by atoms with Crippen LogP contribution in [-0.4, -0.2) is 34.7 Å². The zero-order valence-corrected chi connectivity index (χ0v) is 16.9. The summed E-state index contributed by atoms with van der Waals surface area (Å²) in [5.74, 6) is -2.43. The van der Waals surface area contributed by atoms with Crippen molar-refractivity contribution < 1.29 is 32.3 Å². The van der Waals surface area contributed by atoms with E-state index in [9.17, 15) is 22.8 Å². The molecule has 1 heterocycles. The van der Waals surface area contributed by atoms with E-state index in [1.807, 2.05) is 6.92 Å². The Labute approximate surface area is 174 Å². The monoisotopic (exact) mass is 439 g/mol. The number of carbonyl (C=O) groups is 2. The van der Waals surface area contributed by atoms with Gasteiger partial charge in [-0.25, -0.2) is 9.78 Å². The average Bonchev–Trinajstić information content (AvgIpc) is 2.69. The first-order valence-corrected chi connectivity index (χ1v) is 9.01. The maximum atomic E-state index is 12.3. The summed E-state index contributed by atoms with van der Waals surface area (Å²) in [5.41, 5.74) is 9.88. The fourth-order valence-corrected chi connectivity index (χ4v) is 2.69. The Kier molecular flexibility index (Phi) is 7.01. The fourth-order valence-electron chi connectivity index (χ4n) is 2.69. The predicted molar refractivity (Wildman–Crippen MR) is 107 cm³/mol. The molecule has 0 bridgehead atoms. The van der Waals surface area contributed by atoms with Crippen LogP contribution in [-0.2, 0) is 9.59 Å². The maximum Gasteiger partial charge on any atom is 0.490 e. The summed E-state index contributed by atoms with van der Waals surface area (Å²) < 4.78 is 37.7. The van der Waals surface area contributed by atoms with Gasteiger partial charge in [0.2, 0.25) is 5.91 Å². The van der Waals surface area contributed by atoms with Gasteiger partial charge in [-0.3, -0.25) is 9.59 Å². The summed E-state index contributed by atoms with van der Waals surface area (Å²) in [4.78, 5) is 37.5. The Morgan fingerprint density at radius 3 is 2.32 bits per heavy atom. The molecule has 0 saturated heterocycles. The predicted octanol–water partition coefficient (Wildman–Crippen LogP) is 3.14. The van der Waals surface area contributed by atoms with Gasteiger partial charge >= 0.3 is 12.1 Å². The van der Waals surface area contributed by atoms with E-state index < -0.39 is 12.1 Å². The van der Waals surface area contributed by atoms with Crippen LogP contribution in [0.4, 0.5) is 18.9 Å². The van der Waals surface area contributed by atoms with Crippen LogP contribution in [0.5, 0.6) is 0 Å². The zero-order chi connectivity index (χ0) is 23.5. The number of alkyl halides is 3. The van der Waals surface area contributed by atoms with Crippen molar-refractivity contribution in [3.63, 3.8) is 0 Å². The van der Waals surface area contributed by atoms with Crippen molar-refractivity contribution in [2.75, 3.05) is 11.9 Å². The van der Waals surface area contributed by atoms with Gasteiger partial charge in [0.1, 0.15) is 11.2 Å². The number of rotatable bonds is 3. The quantitative estimate of drug-likeness (QED) is 0.534. The smallest absolute Gasteiger partial charge is 0.475 e. The van der Waals surface area contributed by atoms with E-state index in [4.69, 9.17) is 20.1 Å². The van der Waals surface area contributed by atoms with Crippen LogP contribution in [0.15, 0.2) is 27.4 Å². The minimum atomic E-state index is -5.08. The lowest BCUT2D eigenvalue weighted by molar-refractivity contribution is -0.192. The second-order valence-electron chi connectivity index (χ2n) is 6.67. The molecule has 1 amide bonds. The highest BCUT2D eigenvalue weighted by molar-refractivity contribution is 5.93. The lowest BCUT2D eigenvalue weighted by Crippen LogP contribution is -2.21. The molecule has 1 aromatic rings. The maximum absolute atomic E-state index is 12.3. The third kappa shape index (κ3) is 5.37. The van der Waals surface area contributed by atoms with E-state index in [2.05, 4.69) is 10.3 Å². The molecule has 2 aliphatic rings. The lowest BCUT2D eigenvalue weighted by atomic mass is 9.99. The van der Waals surface area contributed by atoms with Gasteiger partial charge in [-0.05, 0) is 38.5 Å². The highest BCUT2D eigenvalue weighted by Gasteiger charge is 2.38. The number of fused-ring (bicyclic) bond motifs is 2. The topological polar surface area (TPSA) is 136 Å². The van der Waals surface area contributed by atoms with Crippen molar-refractivity contribution in [3.05, 3.63) is 45.1 Å². The number of aliphatic carboxylic acids is 1. The Hall–Kier alpha value is -3.47. The molecule has 31 heavy (non-hydrogen) atoms. The highest BCUT2D eigenvalue weighted by atomic mass is 19.4. The molecule has 1 aliphatic heterocycles. The largest absolute Gasteiger partial charge is 0.490 e. The molecular weight excluding hydrogens is 419 g/mol. The first-order valence-electron chi connectivity index (χ1n) is 9.01. The number of nitrogens with one attached hydrogen (secondary N) is 1. The Bertz CT molecular complexity index is 1170. The van der Waals surface area contributed by atoms with Gasteiger partial charge in [0, 0.05) is 35.8 Å². The summed E-state index contributed by atoms with van der Waals surface area (Å²) in [6, 6.07) is 5.25. The second kappa shape index (κ2) is 9.13. The number of amides is 1. The first-order chi connectivity index (χ1) is 14.4. The number of benzene rings is 2. The SMILES string of the molecule is Cc1c2nc3ccc(NC(=O)CCN)cc3oc-2c(C)c(=O)c1C.O=C(O)C(F)(F)F. The highest BCUT2D eigenvalue weighted by Crippen LogP contribution is 2.31. The molecule has 0 atom stereocenters. The number of anilines is 1. The molecule has 3 rings (SSSR count). The van der Waals surface area contributed by atoms with Crippen LogP contribution < -0.4 is 16.5 Å². The number of carbonyl (C=O) groups excluding carboxylic acids is 1. The zero-order valence-electron chi connectivity index (χ0n) is 16.9. The molecule has 1 aliphatic carbocycles. The molecule has 1 aromatic carbocycles. The van der Waals surface area contributed by atoms with Gasteiger partial charge in [-0.1, -0.05) is 0 Å². The second-order valence-corrected chi connectivity index (χ2v) is 6.67. The van der Waals surface area contributed by atoms with Crippen LogP contribution in [0.2, 0.25) is 0 Å². The van der Waals surface area contributed by atoms with E-state index >= 15 is 0 Å². The summed E-state index contributed by atoms with van der Waals surface area (Å²) >= 11 is 0. The normalized spacial score (nSPS) is 11.2. The van der Waals surface area contributed by atoms with Crippen molar-refractivity contribution in [2.45, 2.75) is 33.4 Å². The number of hydrogen-bond acceptors (Lipinski definition) is 6. The summed E-state index contributed by atoms with van der Waals surface area (Å²) in [6.07, 6.45) is -4.83. The van der Waals surface area contributed by atoms with Gasteiger partial charge in [0.05, 0.1) is 0 Å². The lowest BCUT2D eigenvalue weighted by Gasteiger charge is -2.14. The van der Waals surface area contributed by atoms with Gasteiger partial charge in [-0.15, -0.1) is 0 Å². The van der Waals surface area contributed by atoms with Crippen molar-refractivity contribution in [3.8, 4) is 11.5 Å². The molecule has 0 saturated carbocycles. The van der Waals surface area contributed by atoms with Crippen molar-refractivity contribution in [1.29, 1.82) is 0 Å². The van der Waals surface area contributed by atoms with Gasteiger partial charge in [-0.2, -0.15) is 13.2 Å². The molecule has 11 heteroatoms.